The normalized spacial score (nSPS) is 15.1. The number of halogens is 1. The molecule has 4 aromatic rings. The third-order valence-corrected chi connectivity index (χ3v) is 6.82. The Morgan fingerprint density at radius 3 is 2.64 bits per heavy atom. The van der Waals surface area contributed by atoms with Gasteiger partial charge >= 0.3 is 0 Å². The van der Waals surface area contributed by atoms with Crippen LogP contribution in [0.2, 0.25) is 5.02 Å². The number of carbonyl (C=O) groups excluding carboxylic acids is 1. The van der Waals surface area contributed by atoms with Gasteiger partial charge in [-0.2, -0.15) is 9.50 Å². The zero-order valence-electron chi connectivity index (χ0n) is 19.5. The number of rotatable bonds is 7. The second-order valence-electron chi connectivity index (χ2n) is 9.01. The van der Waals surface area contributed by atoms with Gasteiger partial charge in [-0.1, -0.05) is 67.3 Å². The Balaban J connectivity index is 1.38. The Hall–Kier alpha value is -3.69. The van der Waals surface area contributed by atoms with E-state index in [9.17, 15) is 14.7 Å². The van der Waals surface area contributed by atoms with Crippen molar-refractivity contribution in [3.63, 3.8) is 0 Å². The van der Waals surface area contributed by atoms with Crippen molar-refractivity contribution in [2.24, 2.45) is 0 Å². The highest BCUT2D eigenvalue weighted by molar-refractivity contribution is 6.34. The van der Waals surface area contributed by atoms with Gasteiger partial charge in [-0.25, -0.2) is 4.98 Å². The van der Waals surface area contributed by atoms with Gasteiger partial charge in [0.2, 0.25) is 0 Å². The molecule has 5 rings (SSSR count). The second kappa shape index (κ2) is 10.1. The average Bonchev–Trinajstić information content (AvgIpc) is 3.33. The summed E-state index contributed by atoms with van der Waals surface area (Å²) in [5, 5.41) is 16.2. The lowest BCUT2D eigenvalue weighted by Crippen LogP contribution is -2.52. The number of ether oxygens (including phenoxy) is 1. The quantitative estimate of drug-likeness (QED) is 0.350. The molecular weight excluding hydrogens is 482 g/mol. The van der Waals surface area contributed by atoms with E-state index in [0.29, 0.717) is 24.4 Å². The minimum absolute atomic E-state index is 0.0644. The van der Waals surface area contributed by atoms with Crippen LogP contribution in [0.1, 0.15) is 48.2 Å². The highest BCUT2D eigenvalue weighted by Gasteiger charge is 2.34. The van der Waals surface area contributed by atoms with Crippen LogP contribution in [0, 0.1) is 0 Å². The van der Waals surface area contributed by atoms with Gasteiger partial charge < -0.3 is 15.2 Å². The van der Waals surface area contributed by atoms with Crippen LogP contribution < -0.4 is 15.6 Å². The Labute approximate surface area is 212 Å². The van der Waals surface area contributed by atoms with Crippen molar-refractivity contribution in [1.82, 2.24) is 24.9 Å². The number of hydrogen-bond donors (Lipinski definition) is 3. The molecule has 186 valence electrons. The molecule has 0 unspecified atom stereocenters. The molecule has 9 nitrogen and oxygen atoms in total. The Morgan fingerprint density at radius 2 is 1.89 bits per heavy atom. The fourth-order valence-electron chi connectivity index (χ4n) is 4.58. The Kier molecular flexibility index (Phi) is 6.75. The molecule has 0 saturated heterocycles. The van der Waals surface area contributed by atoms with Crippen LogP contribution in [0.5, 0.6) is 5.75 Å². The number of benzene rings is 2. The number of aromatic nitrogens is 4. The Bertz CT molecular complexity index is 1440. The molecule has 0 bridgehead atoms. The van der Waals surface area contributed by atoms with Crippen LogP contribution in [-0.2, 0) is 6.61 Å². The summed E-state index contributed by atoms with van der Waals surface area (Å²) in [6.45, 7) is -0.201. The van der Waals surface area contributed by atoms with Gasteiger partial charge in [0.1, 0.15) is 12.4 Å². The molecule has 1 aliphatic rings. The third-order valence-electron chi connectivity index (χ3n) is 6.50. The maximum atomic E-state index is 13.2. The first-order valence-corrected chi connectivity index (χ1v) is 12.2. The second-order valence-corrected chi connectivity index (χ2v) is 9.42. The molecule has 36 heavy (non-hydrogen) atoms. The lowest BCUT2D eigenvalue weighted by molar-refractivity contribution is 0.0754. The molecule has 2 aromatic carbocycles. The standard InChI is InChI=1S/C26H26ClN5O4/c27-19-10-7-11-20(22(19)24(35)30-26(16-33)12-5-2-6-13-26)36-15-18-14-21(34)32-25(28-18)29-23(31-32)17-8-3-1-4-9-17/h1,3-4,7-11,14,33H,2,5-6,12-13,15-16H2,(H,30,35)(H,28,29,31). The number of fused-ring (bicyclic) bond motifs is 1. The molecule has 10 heteroatoms. The summed E-state index contributed by atoms with van der Waals surface area (Å²) < 4.78 is 7.19. The van der Waals surface area contributed by atoms with E-state index in [1.807, 2.05) is 30.3 Å². The van der Waals surface area contributed by atoms with Crippen molar-refractivity contribution < 1.29 is 14.6 Å². The van der Waals surface area contributed by atoms with E-state index in [-0.39, 0.29) is 40.9 Å². The lowest BCUT2D eigenvalue weighted by Gasteiger charge is -2.36. The fraction of sp³-hybridized carbons (Fsp3) is 0.308. The first-order chi connectivity index (χ1) is 17.5. The first-order valence-electron chi connectivity index (χ1n) is 11.9. The van der Waals surface area contributed by atoms with Crippen molar-refractivity contribution in [2.75, 3.05) is 6.61 Å². The number of hydrogen-bond acceptors (Lipinski definition) is 6. The predicted molar refractivity (Wildman–Crippen MR) is 135 cm³/mol. The summed E-state index contributed by atoms with van der Waals surface area (Å²) in [4.78, 5) is 34.8. The zero-order chi connectivity index (χ0) is 25.1. The SMILES string of the molecule is O=C(NC1(CO)CCCCC1)c1c(Cl)cccc1OCc1cc(=O)n2[nH]c(-c3ccccc3)nc2n1. The summed E-state index contributed by atoms with van der Waals surface area (Å²) in [5.74, 6) is 0.589. The van der Waals surface area contributed by atoms with E-state index >= 15 is 0 Å². The molecule has 3 N–H and O–H groups in total. The van der Waals surface area contributed by atoms with E-state index in [0.717, 1.165) is 24.8 Å². The van der Waals surface area contributed by atoms with Crippen LogP contribution >= 0.6 is 11.6 Å². The van der Waals surface area contributed by atoms with Gasteiger partial charge in [0.15, 0.2) is 5.82 Å². The van der Waals surface area contributed by atoms with Gasteiger partial charge in [0.25, 0.3) is 17.2 Å². The molecule has 2 aromatic heterocycles. The van der Waals surface area contributed by atoms with Gasteiger partial charge in [-0.15, -0.1) is 0 Å². The van der Waals surface area contributed by atoms with Crippen LogP contribution in [0.15, 0.2) is 59.4 Å². The molecule has 2 heterocycles. The third kappa shape index (κ3) is 4.84. The van der Waals surface area contributed by atoms with E-state index in [2.05, 4.69) is 20.4 Å². The van der Waals surface area contributed by atoms with Gasteiger partial charge in [-0.3, -0.25) is 14.7 Å². The van der Waals surface area contributed by atoms with Gasteiger partial charge in [0, 0.05) is 11.6 Å². The number of aromatic amines is 1. The summed E-state index contributed by atoms with van der Waals surface area (Å²) >= 11 is 6.39. The van der Waals surface area contributed by atoms with Crippen molar-refractivity contribution in [1.29, 1.82) is 0 Å². The summed E-state index contributed by atoms with van der Waals surface area (Å²) in [6, 6.07) is 15.7. The van der Waals surface area contributed by atoms with Crippen LogP contribution in [0.4, 0.5) is 0 Å². The number of aliphatic hydroxyl groups excluding tert-OH is 1. The van der Waals surface area contributed by atoms with E-state index in [4.69, 9.17) is 16.3 Å². The van der Waals surface area contributed by atoms with Crippen molar-refractivity contribution in [3.8, 4) is 17.1 Å². The van der Waals surface area contributed by atoms with E-state index in [1.165, 1.54) is 10.6 Å². The van der Waals surface area contributed by atoms with Crippen LogP contribution in [0.3, 0.4) is 0 Å². The van der Waals surface area contributed by atoms with Gasteiger partial charge in [-0.05, 0) is 25.0 Å². The number of nitrogens with zero attached hydrogens (tertiary/aromatic N) is 3. The maximum Gasteiger partial charge on any atom is 0.274 e. The number of carbonyl (C=O) groups is 1. The highest BCUT2D eigenvalue weighted by Crippen LogP contribution is 2.31. The zero-order valence-corrected chi connectivity index (χ0v) is 20.3. The largest absolute Gasteiger partial charge is 0.486 e. The van der Waals surface area contributed by atoms with E-state index < -0.39 is 11.4 Å². The predicted octanol–water partition coefficient (Wildman–Crippen LogP) is 3.74. The molecule has 0 atom stereocenters. The summed E-state index contributed by atoms with van der Waals surface area (Å²) in [7, 11) is 0. The monoisotopic (exact) mass is 507 g/mol. The number of nitrogens with one attached hydrogen (secondary N) is 2. The Morgan fingerprint density at radius 1 is 1.11 bits per heavy atom. The highest BCUT2D eigenvalue weighted by atomic mass is 35.5. The van der Waals surface area contributed by atoms with Crippen LogP contribution in [-0.4, -0.2) is 42.7 Å². The minimum atomic E-state index is -0.663. The average molecular weight is 508 g/mol. The fourth-order valence-corrected chi connectivity index (χ4v) is 4.83. The molecule has 1 amide bonds. The number of amides is 1. The topological polar surface area (TPSA) is 122 Å². The van der Waals surface area contributed by atoms with Crippen LogP contribution in [0.25, 0.3) is 17.2 Å². The first kappa shape index (κ1) is 24.0. The molecular formula is C26H26ClN5O4. The number of aliphatic hydroxyl groups is 1. The molecule has 1 fully saturated rings. The maximum absolute atomic E-state index is 13.2. The molecule has 0 aliphatic heterocycles. The molecule has 0 spiro atoms. The minimum Gasteiger partial charge on any atom is -0.486 e. The van der Waals surface area contributed by atoms with Gasteiger partial charge in [0.05, 0.1) is 28.4 Å². The molecule has 1 aliphatic carbocycles. The lowest BCUT2D eigenvalue weighted by atomic mass is 9.82. The number of H-pyrrole nitrogens is 1. The summed E-state index contributed by atoms with van der Waals surface area (Å²) in [6.07, 6.45) is 4.38. The smallest absolute Gasteiger partial charge is 0.274 e. The van der Waals surface area contributed by atoms with Crippen molar-refractivity contribution in [2.45, 2.75) is 44.2 Å². The van der Waals surface area contributed by atoms with Crippen molar-refractivity contribution >= 4 is 23.3 Å². The summed E-state index contributed by atoms with van der Waals surface area (Å²) in [5.41, 5.74) is 0.370. The molecule has 1 saturated carbocycles. The molecule has 0 radical (unpaired) electrons. The van der Waals surface area contributed by atoms with Crippen molar-refractivity contribution in [3.05, 3.63) is 81.2 Å². The van der Waals surface area contributed by atoms with E-state index in [1.54, 1.807) is 18.2 Å².